The molecule has 2 amide bonds. The van der Waals surface area contributed by atoms with Crippen LogP contribution < -0.4 is 14.8 Å². The highest BCUT2D eigenvalue weighted by molar-refractivity contribution is 5.84. The Kier molecular flexibility index (Phi) is 6.90. The van der Waals surface area contributed by atoms with Crippen molar-refractivity contribution in [3.63, 3.8) is 0 Å². The molecule has 0 aliphatic carbocycles. The van der Waals surface area contributed by atoms with Crippen LogP contribution in [0.4, 0.5) is 0 Å². The van der Waals surface area contributed by atoms with E-state index in [4.69, 9.17) is 9.47 Å². The first-order chi connectivity index (χ1) is 11.6. The number of aryl methyl sites for hydroxylation is 1. The van der Waals surface area contributed by atoms with Gasteiger partial charge in [0.2, 0.25) is 11.8 Å². The van der Waals surface area contributed by atoms with E-state index in [0.717, 1.165) is 31.5 Å². The van der Waals surface area contributed by atoms with Gasteiger partial charge in [0.25, 0.3) is 0 Å². The van der Waals surface area contributed by atoms with E-state index in [1.54, 1.807) is 14.2 Å². The average molecular weight is 334 g/mol. The number of methoxy groups -OCH3 is 2. The van der Waals surface area contributed by atoms with Crippen molar-refractivity contribution in [2.24, 2.45) is 0 Å². The zero-order valence-corrected chi connectivity index (χ0v) is 14.5. The van der Waals surface area contributed by atoms with Gasteiger partial charge in [0.1, 0.15) is 0 Å². The molecular formula is C18H26N2O4. The van der Waals surface area contributed by atoms with Crippen molar-refractivity contribution in [2.75, 3.05) is 33.9 Å². The predicted molar refractivity (Wildman–Crippen MR) is 91.3 cm³/mol. The summed E-state index contributed by atoms with van der Waals surface area (Å²) in [7, 11) is 3.17. The molecule has 24 heavy (non-hydrogen) atoms. The fourth-order valence-corrected chi connectivity index (χ4v) is 2.81. The second kappa shape index (κ2) is 9.15. The molecule has 1 heterocycles. The van der Waals surface area contributed by atoms with Crippen LogP contribution in [0.3, 0.4) is 0 Å². The third-order valence-electron chi connectivity index (χ3n) is 4.23. The van der Waals surface area contributed by atoms with Gasteiger partial charge in [0.15, 0.2) is 11.5 Å². The highest BCUT2D eigenvalue weighted by atomic mass is 16.5. The SMILES string of the molecule is COc1ccc(CCC(=O)NCC(=O)N2CCCCC2)cc1OC. The Morgan fingerprint density at radius 1 is 1.08 bits per heavy atom. The molecule has 6 nitrogen and oxygen atoms in total. The number of nitrogens with one attached hydrogen (secondary N) is 1. The Morgan fingerprint density at radius 2 is 1.79 bits per heavy atom. The molecule has 2 rings (SSSR count). The van der Waals surface area contributed by atoms with E-state index in [1.165, 1.54) is 6.42 Å². The maximum atomic E-state index is 12.0. The largest absolute Gasteiger partial charge is 0.493 e. The normalized spacial score (nSPS) is 14.2. The summed E-state index contributed by atoms with van der Waals surface area (Å²) in [5.41, 5.74) is 0.991. The zero-order chi connectivity index (χ0) is 17.4. The molecular weight excluding hydrogens is 308 g/mol. The third kappa shape index (κ3) is 5.15. The molecule has 1 aromatic carbocycles. The van der Waals surface area contributed by atoms with Crippen molar-refractivity contribution < 1.29 is 19.1 Å². The molecule has 0 bridgehead atoms. The van der Waals surface area contributed by atoms with E-state index >= 15 is 0 Å². The fraction of sp³-hybridized carbons (Fsp3) is 0.556. The molecule has 1 fully saturated rings. The maximum absolute atomic E-state index is 12.0. The van der Waals surface area contributed by atoms with Gasteiger partial charge in [-0.2, -0.15) is 0 Å². The van der Waals surface area contributed by atoms with Crippen molar-refractivity contribution in [1.82, 2.24) is 10.2 Å². The minimum Gasteiger partial charge on any atom is -0.493 e. The lowest BCUT2D eigenvalue weighted by Crippen LogP contribution is -2.42. The minimum atomic E-state index is -0.116. The number of carbonyl (C=O) groups is 2. The summed E-state index contributed by atoms with van der Waals surface area (Å²) in [4.78, 5) is 25.8. The van der Waals surface area contributed by atoms with Crippen molar-refractivity contribution in [3.05, 3.63) is 23.8 Å². The smallest absolute Gasteiger partial charge is 0.241 e. The van der Waals surface area contributed by atoms with Crippen LogP contribution in [0.5, 0.6) is 11.5 Å². The van der Waals surface area contributed by atoms with Crippen molar-refractivity contribution in [2.45, 2.75) is 32.1 Å². The maximum Gasteiger partial charge on any atom is 0.241 e. The first-order valence-electron chi connectivity index (χ1n) is 8.39. The number of piperidine rings is 1. The highest BCUT2D eigenvalue weighted by Gasteiger charge is 2.16. The van der Waals surface area contributed by atoms with E-state index in [0.29, 0.717) is 24.3 Å². The first-order valence-corrected chi connectivity index (χ1v) is 8.39. The Balaban J connectivity index is 1.75. The predicted octanol–water partition coefficient (Wildman–Crippen LogP) is 1.77. The Labute approximate surface area is 143 Å². The van der Waals surface area contributed by atoms with Gasteiger partial charge in [-0.05, 0) is 43.4 Å². The number of likely N-dealkylation sites (tertiary alicyclic amines) is 1. The first kappa shape index (κ1) is 18.1. The van der Waals surface area contributed by atoms with Crippen LogP contribution in [-0.4, -0.2) is 50.6 Å². The fourth-order valence-electron chi connectivity index (χ4n) is 2.81. The number of hydrogen-bond donors (Lipinski definition) is 1. The monoisotopic (exact) mass is 334 g/mol. The van der Waals surface area contributed by atoms with Crippen LogP contribution in [0.2, 0.25) is 0 Å². The number of ether oxygens (including phenoxy) is 2. The van der Waals surface area contributed by atoms with Gasteiger partial charge >= 0.3 is 0 Å². The summed E-state index contributed by atoms with van der Waals surface area (Å²) in [5, 5.41) is 2.72. The molecule has 0 spiro atoms. The van der Waals surface area contributed by atoms with Gasteiger partial charge in [-0.1, -0.05) is 6.07 Å². The summed E-state index contributed by atoms with van der Waals surface area (Å²) in [6.07, 6.45) is 4.21. The van der Waals surface area contributed by atoms with Crippen molar-refractivity contribution >= 4 is 11.8 Å². The van der Waals surface area contributed by atoms with Gasteiger partial charge < -0.3 is 19.7 Å². The number of amides is 2. The number of carbonyl (C=O) groups excluding carboxylic acids is 2. The van der Waals surface area contributed by atoms with Crippen LogP contribution in [-0.2, 0) is 16.0 Å². The summed E-state index contributed by atoms with van der Waals surface area (Å²) < 4.78 is 10.4. The number of nitrogens with zero attached hydrogens (tertiary/aromatic N) is 1. The number of hydrogen-bond acceptors (Lipinski definition) is 4. The lowest BCUT2D eigenvalue weighted by atomic mass is 10.1. The molecule has 0 unspecified atom stereocenters. The van der Waals surface area contributed by atoms with Crippen LogP contribution in [0.1, 0.15) is 31.2 Å². The molecule has 0 radical (unpaired) electrons. The lowest BCUT2D eigenvalue weighted by molar-refractivity contribution is -0.133. The molecule has 0 aromatic heterocycles. The molecule has 0 atom stereocenters. The molecule has 1 aliphatic rings. The minimum absolute atomic E-state index is 0.00849. The Morgan fingerprint density at radius 3 is 2.46 bits per heavy atom. The van der Waals surface area contributed by atoms with E-state index in [2.05, 4.69) is 5.32 Å². The molecule has 1 saturated heterocycles. The summed E-state index contributed by atoms with van der Waals surface area (Å²) >= 11 is 0. The lowest BCUT2D eigenvalue weighted by Gasteiger charge is -2.26. The van der Waals surface area contributed by atoms with E-state index in [1.807, 2.05) is 23.1 Å². The molecule has 6 heteroatoms. The second-order valence-electron chi connectivity index (χ2n) is 5.91. The molecule has 1 aromatic rings. The van der Waals surface area contributed by atoms with E-state index < -0.39 is 0 Å². The van der Waals surface area contributed by atoms with Gasteiger partial charge in [-0.3, -0.25) is 9.59 Å². The highest BCUT2D eigenvalue weighted by Crippen LogP contribution is 2.27. The van der Waals surface area contributed by atoms with Crippen molar-refractivity contribution in [3.8, 4) is 11.5 Å². The third-order valence-corrected chi connectivity index (χ3v) is 4.23. The molecule has 1 N–H and O–H groups in total. The van der Waals surface area contributed by atoms with Crippen LogP contribution in [0.25, 0.3) is 0 Å². The van der Waals surface area contributed by atoms with E-state index in [-0.39, 0.29) is 18.4 Å². The zero-order valence-electron chi connectivity index (χ0n) is 14.5. The Bertz CT molecular complexity index is 568. The second-order valence-corrected chi connectivity index (χ2v) is 5.91. The van der Waals surface area contributed by atoms with E-state index in [9.17, 15) is 9.59 Å². The summed E-state index contributed by atoms with van der Waals surface area (Å²) in [6, 6.07) is 5.60. The summed E-state index contributed by atoms with van der Waals surface area (Å²) in [6.45, 7) is 1.70. The standard InChI is InChI=1S/C18H26N2O4/c1-23-15-8-6-14(12-16(15)24-2)7-9-17(21)19-13-18(22)20-10-4-3-5-11-20/h6,8,12H,3-5,7,9-11,13H2,1-2H3,(H,19,21). The molecule has 132 valence electrons. The number of rotatable bonds is 7. The average Bonchev–Trinajstić information content (AvgIpc) is 2.64. The molecule has 1 aliphatic heterocycles. The quantitative estimate of drug-likeness (QED) is 0.825. The van der Waals surface area contributed by atoms with Crippen LogP contribution >= 0.6 is 0 Å². The van der Waals surface area contributed by atoms with Crippen LogP contribution in [0.15, 0.2) is 18.2 Å². The molecule has 0 saturated carbocycles. The van der Waals surface area contributed by atoms with Gasteiger partial charge in [-0.25, -0.2) is 0 Å². The van der Waals surface area contributed by atoms with Gasteiger partial charge in [0.05, 0.1) is 20.8 Å². The van der Waals surface area contributed by atoms with Crippen LogP contribution in [0, 0.1) is 0 Å². The summed E-state index contributed by atoms with van der Waals surface area (Å²) in [5.74, 6) is 1.21. The van der Waals surface area contributed by atoms with Crippen molar-refractivity contribution in [1.29, 1.82) is 0 Å². The topological polar surface area (TPSA) is 67.9 Å². The van der Waals surface area contributed by atoms with Gasteiger partial charge in [0, 0.05) is 19.5 Å². The number of benzene rings is 1. The van der Waals surface area contributed by atoms with Gasteiger partial charge in [-0.15, -0.1) is 0 Å². The Hall–Kier alpha value is -2.24.